The van der Waals surface area contributed by atoms with Crippen LogP contribution in [0.15, 0.2) is 24.4 Å². The van der Waals surface area contributed by atoms with Crippen LogP contribution < -0.4 is 15.5 Å². The number of aromatic nitrogens is 2. The average Bonchev–Trinajstić information content (AvgIpc) is 3.31. The Balaban J connectivity index is 1.61. The van der Waals surface area contributed by atoms with Crippen LogP contribution in [0.25, 0.3) is 0 Å². The van der Waals surface area contributed by atoms with Crippen molar-refractivity contribution in [2.75, 3.05) is 41.9 Å². The molecule has 4 rings (SSSR count). The zero-order chi connectivity index (χ0) is 23.3. The predicted octanol–water partition coefficient (Wildman–Crippen LogP) is 2.20. The molecule has 2 aliphatic heterocycles. The minimum atomic E-state index is -4.67. The van der Waals surface area contributed by atoms with Crippen LogP contribution in [0.4, 0.5) is 36.3 Å². The fourth-order valence-electron chi connectivity index (χ4n) is 3.81. The summed E-state index contributed by atoms with van der Waals surface area (Å²) < 4.78 is 65.7. The van der Waals surface area contributed by atoms with E-state index in [4.69, 9.17) is 0 Å². The predicted molar refractivity (Wildman–Crippen MR) is 112 cm³/mol. The van der Waals surface area contributed by atoms with E-state index in [1.807, 2.05) is 0 Å². The van der Waals surface area contributed by atoms with Crippen molar-refractivity contribution in [2.24, 2.45) is 0 Å². The maximum absolute atomic E-state index is 13.6. The van der Waals surface area contributed by atoms with E-state index in [0.29, 0.717) is 17.8 Å². The number of rotatable bonds is 5. The van der Waals surface area contributed by atoms with Crippen molar-refractivity contribution in [3.05, 3.63) is 35.5 Å². The lowest BCUT2D eigenvalue weighted by molar-refractivity contribution is -0.137. The molecule has 0 bridgehead atoms. The van der Waals surface area contributed by atoms with Gasteiger partial charge in [0.1, 0.15) is 11.4 Å². The molecular formula is C19H21F3N6O3S. The quantitative estimate of drug-likeness (QED) is 0.690. The molecule has 0 aliphatic carbocycles. The smallest absolute Gasteiger partial charge is 0.354 e. The highest BCUT2D eigenvalue weighted by Crippen LogP contribution is 2.37. The maximum Gasteiger partial charge on any atom is 0.421 e. The summed E-state index contributed by atoms with van der Waals surface area (Å²) >= 11 is 0. The monoisotopic (exact) mass is 470 g/mol. The lowest BCUT2D eigenvalue weighted by atomic mass is 10.1. The topological polar surface area (TPSA) is 108 Å². The lowest BCUT2D eigenvalue weighted by Crippen LogP contribution is -2.38. The first-order chi connectivity index (χ1) is 14.9. The summed E-state index contributed by atoms with van der Waals surface area (Å²) in [6.07, 6.45) is -2.30. The van der Waals surface area contributed by atoms with Gasteiger partial charge in [0, 0.05) is 43.8 Å². The number of sulfonamides is 1. The molecule has 2 N–H and O–H groups in total. The number of alkyl halides is 3. The number of benzene rings is 1. The molecule has 172 valence electrons. The van der Waals surface area contributed by atoms with Gasteiger partial charge in [-0.25, -0.2) is 17.7 Å². The Kier molecular flexibility index (Phi) is 5.49. The molecular weight excluding hydrogens is 449 g/mol. The Labute approximate surface area is 182 Å². The SMILES string of the molecule is CN([C@@H]1CCN(c2nc(Nc3ccc4c(c3)CC(=O)N4)ncc2C(F)(F)F)C1)S(C)(=O)=O. The molecule has 1 saturated heterocycles. The van der Waals surface area contributed by atoms with E-state index in [-0.39, 0.29) is 37.2 Å². The summed E-state index contributed by atoms with van der Waals surface area (Å²) in [7, 11) is -2.07. The van der Waals surface area contributed by atoms with Crippen molar-refractivity contribution in [3.63, 3.8) is 0 Å². The van der Waals surface area contributed by atoms with Crippen LogP contribution in [-0.2, 0) is 27.4 Å². The molecule has 1 aromatic carbocycles. The average molecular weight is 470 g/mol. The van der Waals surface area contributed by atoms with E-state index in [1.165, 1.54) is 16.3 Å². The number of carbonyl (C=O) groups excluding carboxylic acids is 1. The summed E-state index contributed by atoms with van der Waals surface area (Å²) in [6.45, 7) is 0.298. The summed E-state index contributed by atoms with van der Waals surface area (Å²) in [4.78, 5) is 20.9. The highest BCUT2D eigenvalue weighted by molar-refractivity contribution is 7.88. The zero-order valence-corrected chi connectivity index (χ0v) is 18.1. The van der Waals surface area contributed by atoms with Crippen molar-refractivity contribution in [2.45, 2.75) is 25.1 Å². The minimum Gasteiger partial charge on any atom is -0.354 e. The van der Waals surface area contributed by atoms with Crippen LogP contribution >= 0.6 is 0 Å². The van der Waals surface area contributed by atoms with Gasteiger partial charge < -0.3 is 15.5 Å². The minimum absolute atomic E-state index is 0.0369. The Hall–Kier alpha value is -2.93. The Morgan fingerprint density at radius 1 is 1.31 bits per heavy atom. The van der Waals surface area contributed by atoms with Crippen molar-refractivity contribution in [1.82, 2.24) is 14.3 Å². The number of likely N-dealkylation sites (N-methyl/N-ethyl adjacent to an activating group) is 1. The van der Waals surface area contributed by atoms with E-state index in [2.05, 4.69) is 20.6 Å². The third-order valence-electron chi connectivity index (χ3n) is 5.56. The fourth-order valence-corrected chi connectivity index (χ4v) is 4.53. The van der Waals surface area contributed by atoms with Gasteiger partial charge in [0.05, 0.1) is 12.7 Å². The third kappa shape index (κ3) is 4.48. The standard InChI is InChI=1S/C19H21F3N6O3S/c1-27(32(2,30)31)13-5-6-28(10-13)17-14(19(20,21)22)9-23-18(26-17)24-12-3-4-15-11(7-12)8-16(29)25-15/h3-4,7,9,13H,5-6,8,10H2,1-2H3,(H,25,29)(H,23,24,26)/t13-/m1/s1. The Morgan fingerprint density at radius 2 is 2.06 bits per heavy atom. The number of hydrogen-bond acceptors (Lipinski definition) is 7. The van der Waals surface area contributed by atoms with Gasteiger partial charge in [0.15, 0.2) is 0 Å². The Bertz CT molecular complexity index is 1170. The first kappa shape index (κ1) is 22.3. The van der Waals surface area contributed by atoms with Gasteiger partial charge >= 0.3 is 6.18 Å². The van der Waals surface area contributed by atoms with Crippen molar-refractivity contribution in [1.29, 1.82) is 0 Å². The number of hydrogen-bond donors (Lipinski definition) is 2. The molecule has 9 nitrogen and oxygen atoms in total. The van der Waals surface area contributed by atoms with Gasteiger partial charge in [-0.1, -0.05) is 0 Å². The number of nitrogens with zero attached hydrogens (tertiary/aromatic N) is 4. The van der Waals surface area contributed by atoms with E-state index in [9.17, 15) is 26.4 Å². The Morgan fingerprint density at radius 3 is 2.75 bits per heavy atom. The summed E-state index contributed by atoms with van der Waals surface area (Å²) in [6, 6.07) is 4.61. The normalized spacial score (nSPS) is 18.8. The lowest BCUT2D eigenvalue weighted by Gasteiger charge is -2.25. The first-order valence-electron chi connectivity index (χ1n) is 9.74. The molecule has 0 radical (unpaired) electrons. The highest BCUT2D eigenvalue weighted by Gasteiger charge is 2.39. The van der Waals surface area contributed by atoms with Gasteiger partial charge in [0.25, 0.3) is 0 Å². The number of nitrogens with one attached hydrogen (secondary N) is 2. The van der Waals surface area contributed by atoms with Crippen LogP contribution in [0, 0.1) is 0 Å². The zero-order valence-electron chi connectivity index (χ0n) is 17.3. The second kappa shape index (κ2) is 7.89. The number of fused-ring (bicyclic) bond motifs is 1. The first-order valence-corrected chi connectivity index (χ1v) is 11.6. The van der Waals surface area contributed by atoms with Gasteiger partial charge in [-0.15, -0.1) is 0 Å². The van der Waals surface area contributed by atoms with E-state index >= 15 is 0 Å². The third-order valence-corrected chi connectivity index (χ3v) is 6.91. The maximum atomic E-state index is 13.6. The van der Waals surface area contributed by atoms with Crippen molar-refractivity contribution in [3.8, 4) is 0 Å². The van der Waals surface area contributed by atoms with Crippen LogP contribution in [0.5, 0.6) is 0 Å². The second-order valence-electron chi connectivity index (χ2n) is 7.82. The molecule has 2 aromatic rings. The van der Waals surface area contributed by atoms with Gasteiger partial charge in [-0.2, -0.15) is 18.2 Å². The molecule has 2 aliphatic rings. The van der Waals surface area contributed by atoms with Crippen molar-refractivity contribution >= 4 is 39.1 Å². The molecule has 1 aromatic heterocycles. The second-order valence-corrected chi connectivity index (χ2v) is 9.86. The van der Waals surface area contributed by atoms with Crippen LogP contribution in [0.2, 0.25) is 0 Å². The molecule has 3 heterocycles. The highest BCUT2D eigenvalue weighted by atomic mass is 32.2. The number of halogens is 3. The summed E-state index contributed by atoms with van der Waals surface area (Å²) in [5.74, 6) is -0.476. The molecule has 0 unspecified atom stereocenters. The summed E-state index contributed by atoms with van der Waals surface area (Å²) in [5.41, 5.74) is 0.988. The van der Waals surface area contributed by atoms with Gasteiger partial charge in [-0.05, 0) is 30.2 Å². The van der Waals surface area contributed by atoms with Crippen LogP contribution in [0.3, 0.4) is 0 Å². The van der Waals surface area contributed by atoms with Gasteiger partial charge in [-0.3, -0.25) is 4.79 Å². The van der Waals surface area contributed by atoms with Crippen LogP contribution in [0.1, 0.15) is 17.5 Å². The number of carbonyl (C=O) groups is 1. The van der Waals surface area contributed by atoms with E-state index in [0.717, 1.165) is 18.0 Å². The number of anilines is 4. The molecule has 0 saturated carbocycles. The van der Waals surface area contributed by atoms with E-state index < -0.39 is 27.8 Å². The van der Waals surface area contributed by atoms with Gasteiger partial charge in [0.2, 0.25) is 21.9 Å². The summed E-state index contributed by atoms with van der Waals surface area (Å²) in [5, 5.41) is 5.59. The van der Waals surface area contributed by atoms with Crippen molar-refractivity contribution < 1.29 is 26.4 Å². The molecule has 1 atom stereocenters. The molecule has 1 amide bonds. The molecule has 13 heteroatoms. The largest absolute Gasteiger partial charge is 0.421 e. The van der Waals surface area contributed by atoms with E-state index in [1.54, 1.807) is 18.2 Å². The molecule has 1 fully saturated rings. The number of amides is 1. The molecule has 0 spiro atoms. The fraction of sp³-hybridized carbons (Fsp3) is 0.421. The molecule has 32 heavy (non-hydrogen) atoms. The van der Waals surface area contributed by atoms with Crippen LogP contribution in [-0.4, -0.2) is 61.0 Å².